The van der Waals surface area contributed by atoms with E-state index in [2.05, 4.69) is 280 Å². The monoisotopic (exact) mass is 1010 g/mol. The number of fused-ring (bicyclic) bond motifs is 8. The third kappa shape index (κ3) is 7.92. The van der Waals surface area contributed by atoms with Gasteiger partial charge in [-0.1, -0.05) is 204 Å². The molecule has 2 bridgehead atoms. The van der Waals surface area contributed by atoms with Crippen molar-refractivity contribution in [2.75, 3.05) is 14.7 Å². The molecule has 13 rings (SSSR count). The van der Waals surface area contributed by atoms with Gasteiger partial charge in [0, 0.05) is 43.1 Å². The van der Waals surface area contributed by atoms with Crippen molar-refractivity contribution >= 4 is 85.5 Å². The number of nitrogens with zero attached hydrogens (tertiary/aromatic N) is 3. The maximum Gasteiger partial charge on any atom is 0.136 e. The minimum absolute atomic E-state index is 0.101. The van der Waals surface area contributed by atoms with E-state index < -0.39 is 0 Å². The van der Waals surface area contributed by atoms with Crippen molar-refractivity contribution in [1.82, 2.24) is 0 Å². The lowest BCUT2D eigenvalue weighted by Gasteiger charge is -2.35. The Bertz CT molecular complexity index is 3990. The third-order valence-corrected chi connectivity index (χ3v) is 16.7. The zero-order valence-electron chi connectivity index (χ0n) is 42.6. The van der Waals surface area contributed by atoms with Gasteiger partial charge in [0.2, 0.25) is 0 Å². The summed E-state index contributed by atoms with van der Waals surface area (Å²) in [4.78, 5) is 9.30. The first kappa shape index (κ1) is 46.6. The molecule has 2 aliphatic rings. The number of benzene rings is 10. The van der Waals surface area contributed by atoms with Gasteiger partial charge in [-0.05, 0) is 129 Å². The molecule has 0 fully saturated rings. The van der Waals surface area contributed by atoms with Crippen LogP contribution >= 0.6 is 23.4 Å². The van der Waals surface area contributed by atoms with E-state index in [1.807, 2.05) is 6.26 Å². The predicted molar refractivity (Wildman–Crippen MR) is 317 cm³/mol. The average molecular weight is 1010 g/mol. The van der Waals surface area contributed by atoms with Crippen LogP contribution in [0.1, 0.15) is 51.3 Å². The molecular formula is C69H54ClN3OS. The van der Waals surface area contributed by atoms with Gasteiger partial charge >= 0.3 is 0 Å². The van der Waals surface area contributed by atoms with E-state index in [-0.39, 0.29) is 10.8 Å². The van der Waals surface area contributed by atoms with Crippen LogP contribution in [-0.4, -0.2) is 0 Å². The number of anilines is 9. The highest BCUT2D eigenvalue weighted by atomic mass is 35.5. The molecule has 1 aliphatic heterocycles. The molecule has 10 aromatic carbocycles. The Morgan fingerprint density at radius 1 is 0.453 bits per heavy atom. The Hall–Kier alpha value is -8.22. The van der Waals surface area contributed by atoms with Gasteiger partial charge in [-0.3, -0.25) is 0 Å². The molecule has 0 saturated carbocycles. The molecule has 0 saturated heterocycles. The highest BCUT2D eigenvalue weighted by Gasteiger charge is 2.37. The van der Waals surface area contributed by atoms with Crippen molar-refractivity contribution in [2.45, 2.75) is 55.2 Å². The molecule has 11 aromatic rings. The molecule has 6 heteroatoms. The molecule has 0 N–H and O–H groups in total. The maximum atomic E-state index is 8.26. The highest BCUT2D eigenvalue weighted by Crippen LogP contribution is 2.56. The van der Waals surface area contributed by atoms with Crippen LogP contribution in [0.5, 0.6) is 0 Å². The summed E-state index contributed by atoms with van der Waals surface area (Å²) in [5.74, 6) is 0. The number of para-hydroxylation sites is 3. The van der Waals surface area contributed by atoms with E-state index in [0.29, 0.717) is 5.02 Å². The van der Waals surface area contributed by atoms with Gasteiger partial charge in [-0.25, -0.2) is 0 Å². The lowest BCUT2D eigenvalue weighted by molar-refractivity contribution is 0.590. The second-order valence-corrected chi connectivity index (χ2v) is 22.6. The van der Waals surface area contributed by atoms with Crippen LogP contribution < -0.4 is 14.7 Å². The Labute approximate surface area is 449 Å². The molecule has 0 spiro atoms. The lowest BCUT2D eigenvalue weighted by Crippen LogP contribution is -2.17. The van der Waals surface area contributed by atoms with Gasteiger partial charge in [0.05, 0.1) is 44.8 Å². The Morgan fingerprint density at radius 2 is 1.01 bits per heavy atom. The van der Waals surface area contributed by atoms with Crippen LogP contribution in [-0.2, 0) is 10.8 Å². The summed E-state index contributed by atoms with van der Waals surface area (Å²) < 4.78 is 6.74. The Kier molecular flexibility index (Phi) is 11.4. The first-order valence-electron chi connectivity index (χ1n) is 25.7. The smallest absolute Gasteiger partial charge is 0.136 e. The first-order chi connectivity index (χ1) is 36.5. The minimum atomic E-state index is -0.187. The Morgan fingerprint density at radius 3 is 1.69 bits per heavy atom. The average Bonchev–Trinajstić information content (AvgIpc) is 4.05. The van der Waals surface area contributed by atoms with Crippen LogP contribution in [0, 0.1) is 0 Å². The van der Waals surface area contributed by atoms with Crippen molar-refractivity contribution < 1.29 is 4.42 Å². The number of hydrogen-bond donors (Lipinski definition) is 0. The second kappa shape index (κ2) is 18.3. The topological polar surface area (TPSA) is 22.9 Å². The van der Waals surface area contributed by atoms with Gasteiger partial charge < -0.3 is 19.1 Å². The SMILES string of the molecule is CC(C)(C)c1ccc(N(c2cccc(N3c4cccc(c4)N(c4ccccc4-c4ccccc4)c4ccccc4Sc4ccccc43)c2Cl)c2coc3cc4c(cc23)-c2ccccc2C4(C)C)c(-c2ccccc2)c1. The van der Waals surface area contributed by atoms with E-state index in [1.54, 1.807) is 11.8 Å². The van der Waals surface area contributed by atoms with Crippen LogP contribution in [0.3, 0.4) is 0 Å². The number of furan rings is 1. The summed E-state index contributed by atoms with van der Waals surface area (Å²) in [7, 11) is 0. The van der Waals surface area contributed by atoms with E-state index in [0.717, 1.165) is 94.2 Å². The van der Waals surface area contributed by atoms with Gasteiger partial charge in [-0.15, -0.1) is 0 Å². The van der Waals surface area contributed by atoms with Crippen molar-refractivity contribution in [3.05, 3.63) is 258 Å². The van der Waals surface area contributed by atoms with Gasteiger partial charge in [0.25, 0.3) is 0 Å². The fraction of sp³-hybridized carbons (Fsp3) is 0.101. The summed E-state index contributed by atoms with van der Waals surface area (Å²) in [5, 5.41) is 1.59. The fourth-order valence-electron chi connectivity index (χ4n) is 11.4. The standard InChI is InChI=1S/C69H54ClN3OS/c1-68(2,3)47-38-39-58(52(40-47)46-24-10-7-11-25-46)73(63-44-74-64-43-56-53(42-54(63)64)51-29-12-14-30-55(51)69(56,4)5)62-35-21-34-61(67(62)70)72-49-27-20-26-48(41-49)71(57-31-15-13-28-50(57)45-22-8-6-9-23-45)59-32-16-18-36-65(59)75-66-37-19-17-33-60(66)72/h6-44H,1-5H3. The van der Waals surface area contributed by atoms with Crippen LogP contribution in [0.4, 0.5) is 51.2 Å². The largest absolute Gasteiger partial charge is 0.462 e. The van der Waals surface area contributed by atoms with E-state index in [9.17, 15) is 0 Å². The molecule has 0 unspecified atom stereocenters. The van der Waals surface area contributed by atoms with Gasteiger partial charge in [-0.2, -0.15) is 0 Å². The Balaban J connectivity index is 1.05. The molecule has 0 atom stereocenters. The molecule has 0 radical (unpaired) electrons. The quantitative estimate of drug-likeness (QED) is 0.158. The predicted octanol–water partition coefficient (Wildman–Crippen LogP) is 20.9. The fourth-order valence-corrected chi connectivity index (χ4v) is 12.7. The lowest BCUT2D eigenvalue weighted by atomic mass is 9.82. The summed E-state index contributed by atoms with van der Waals surface area (Å²) in [6.07, 6.45) is 1.92. The van der Waals surface area contributed by atoms with E-state index >= 15 is 0 Å². The van der Waals surface area contributed by atoms with Crippen molar-refractivity contribution in [2.24, 2.45) is 0 Å². The summed E-state index contributed by atoms with van der Waals surface area (Å²) in [5.41, 5.74) is 20.1. The van der Waals surface area contributed by atoms with E-state index in [1.165, 1.54) is 27.8 Å². The molecule has 0 amide bonds. The van der Waals surface area contributed by atoms with Crippen molar-refractivity contribution in [1.29, 1.82) is 0 Å². The molecule has 75 heavy (non-hydrogen) atoms. The van der Waals surface area contributed by atoms with Crippen LogP contribution in [0.15, 0.2) is 251 Å². The number of halogens is 1. The van der Waals surface area contributed by atoms with Gasteiger partial charge in [0.1, 0.15) is 11.8 Å². The molecule has 1 aliphatic carbocycles. The minimum Gasteiger partial charge on any atom is -0.462 e. The maximum absolute atomic E-state index is 8.26. The van der Waals surface area contributed by atoms with E-state index in [4.69, 9.17) is 16.0 Å². The van der Waals surface area contributed by atoms with Crippen LogP contribution in [0.25, 0.3) is 44.3 Å². The normalized spacial score (nSPS) is 13.5. The zero-order chi connectivity index (χ0) is 51.0. The molecule has 364 valence electrons. The third-order valence-electron chi connectivity index (χ3n) is 15.1. The molecule has 2 heterocycles. The summed E-state index contributed by atoms with van der Waals surface area (Å²) >= 11 is 10.0. The van der Waals surface area contributed by atoms with Crippen LogP contribution in [0.2, 0.25) is 5.02 Å². The molecule has 1 aromatic heterocycles. The number of hydrogen-bond acceptors (Lipinski definition) is 5. The first-order valence-corrected chi connectivity index (χ1v) is 26.9. The van der Waals surface area contributed by atoms with Crippen molar-refractivity contribution in [3.63, 3.8) is 0 Å². The van der Waals surface area contributed by atoms with Crippen molar-refractivity contribution in [3.8, 4) is 33.4 Å². The molecular weight excluding hydrogens is 954 g/mol. The molecule has 4 nitrogen and oxygen atoms in total. The zero-order valence-corrected chi connectivity index (χ0v) is 44.1. The second-order valence-electron chi connectivity index (χ2n) is 21.1. The highest BCUT2D eigenvalue weighted by molar-refractivity contribution is 7.99. The number of rotatable bonds is 7. The summed E-state index contributed by atoms with van der Waals surface area (Å²) in [6.45, 7) is 11.5. The summed E-state index contributed by atoms with van der Waals surface area (Å²) in [6, 6.07) is 83.2. The van der Waals surface area contributed by atoms with Gasteiger partial charge in [0.15, 0.2) is 0 Å².